The minimum Gasteiger partial charge on any atom is -0.493 e. The highest BCUT2D eigenvalue weighted by atomic mass is 127. The van der Waals surface area contributed by atoms with E-state index >= 15 is 0 Å². The molecule has 1 aliphatic rings. The molecule has 2 N–H and O–H groups in total. The summed E-state index contributed by atoms with van der Waals surface area (Å²) < 4.78 is 30.1. The molecule has 6 nitrogen and oxygen atoms in total. The molecule has 1 heterocycles. The number of rotatable bonds is 10. The molecular weight excluding hydrogens is 525 g/mol. The molecule has 0 bridgehead atoms. The molecule has 1 aliphatic heterocycles. The number of sulfone groups is 1. The molecule has 0 fully saturated rings. The van der Waals surface area contributed by atoms with E-state index < -0.39 is 9.84 Å². The fraction of sp³-hybridized carbons (Fsp3) is 0.435. The van der Waals surface area contributed by atoms with Crippen LogP contribution in [-0.4, -0.2) is 46.4 Å². The Bertz CT molecular complexity index is 950. The van der Waals surface area contributed by atoms with Gasteiger partial charge < -0.3 is 15.4 Å². The Kier molecular flexibility index (Phi) is 10.6. The highest BCUT2D eigenvalue weighted by Crippen LogP contribution is 2.25. The second-order valence-electron chi connectivity index (χ2n) is 7.41. The fourth-order valence-corrected chi connectivity index (χ4v) is 4.85. The quantitative estimate of drug-likeness (QED) is 0.203. The van der Waals surface area contributed by atoms with E-state index in [2.05, 4.69) is 27.8 Å². The Hall–Kier alpha value is -1.81. The first-order valence-electron chi connectivity index (χ1n) is 10.6. The van der Waals surface area contributed by atoms with Crippen molar-refractivity contribution in [3.05, 3.63) is 65.2 Å². The van der Waals surface area contributed by atoms with Crippen LogP contribution in [0.5, 0.6) is 5.75 Å². The molecule has 0 unspecified atom stereocenters. The van der Waals surface area contributed by atoms with Crippen LogP contribution in [0, 0.1) is 0 Å². The van der Waals surface area contributed by atoms with Gasteiger partial charge in [-0.1, -0.05) is 42.5 Å². The molecule has 0 aliphatic carbocycles. The van der Waals surface area contributed by atoms with Crippen molar-refractivity contribution < 1.29 is 13.2 Å². The van der Waals surface area contributed by atoms with E-state index in [9.17, 15) is 8.42 Å². The average molecular weight is 557 g/mol. The summed E-state index contributed by atoms with van der Waals surface area (Å²) in [6.45, 7) is 4.78. The maximum Gasteiger partial charge on any atom is 0.191 e. The molecule has 0 saturated carbocycles. The molecule has 8 heteroatoms. The lowest BCUT2D eigenvalue weighted by Gasteiger charge is -2.12. The van der Waals surface area contributed by atoms with Crippen molar-refractivity contribution in [1.29, 1.82) is 0 Å². The van der Waals surface area contributed by atoms with Crippen molar-refractivity contribution in [1.82, 2.24) is 10.6 Å². The summed E-state index contributed by atoms with van der Waals surface area (Å²) in [7, 11) is -3.12. The summed E-state index contributed by atoms with van der Waals surface area (Å²) in [4.78, 5) is 4.52. The van der Waals surface area contributed by atoms with E-state index in [-0.39, 0.29) is 35.5 Å². The second-order valence-corrected chi connectivity index (χ2v) is 9.59. The average Bonchev–Trinajstić information content (AvgIpc) is 3.19. The molecule has 0 atom stereocenters. The predicted octanol–water partition coefficient (Wildman–Crippen LogP) is 3.34. The standard InChI is InChI=1S/C23H31N3O3S.HI/c1-2-24-23(26-14-11-19-9-10-22-21(17-19)12-15-29-22)25-13-6-16-30(27,28)18-20-7-4-3-5-8-20;/h3-5,7-10,17H,2,6,11-16,18H2,1H3,(H2,24,25,26);1H. The Morgan fingerprint density at radius 1 is 1.10 bits per heavy atom. The number of nitrogens with one attached hydrogen (secondary N) is 2. The van der Waals surface area contributed by atoms with Gasteiger partial charge >= 0.3 is 0 Å². The van der Waals surface area contributed by atoms with Gasteiger partial charge in [-0.05, 0) is 42.5 Å². The first-order chi connectivity index (χ1) is 14.6. The van der Waals surface area contributed by atoms with E-state index in [4.69, 9.17) is 4.74 Å². The third-order valence-corrected chi connectivity index (χ3v) is 6.60. The van der Waals surface area contributed by atoms with Crippen LogP contribution in [0.2, 0.25) is 0 Å². The van der Waals surface area contributed by atoms with E-state index in [1.54, 1.807) is 0 Å². The van der Waals surface area contributed by atoms with Crippen LogP contribution in [0.4, 0.5) is 0 Å². The monoisotopic (exact) mass is 557 g/mol. The molecule has 2 aromatic carbocycles. The van der Waals surface area contributed by atoms with E-state index in [0.29, 0.717) is 13.0 Å². The Morgan fingerprint density at radius 2 is 1.90 bits per heavy atom. The third-order valence-electron chi connectivity index (χ3n) is 4.92. The topological polar surface area (TPSA) is 79.8 Å². The van der Waals surface area contributed by atoms with Crippen molar-refractivity contribution in [3.8, 4) is 5.75 Å². The number of aliphatic imine (C=N–C) groups is 1. The summed E-state index contributed by atoms with van der Waals surface area (Å²) in [5.41, 5.74) is 3.38. The Morgan fingerprint density at radius 3 is 2.68 bits per heavy atom. The fourth-order valence-electron chi connectivity index (χ4n) is 3.44. The molecule has 0 aromatic heterocycles. The van der Waals surface area contributed by atoms with Crippen LogP contribution in [0.3, 0.4) is 0 Å². The van der Waals surface area contributed by atoms with E-state index in [0.717, 1.165) is 49.8 Å². The molecule has 31 heavy (non-hydrogen) atoms. The van der Waals surface area contributed by atoms with Gasteiger partial charge in [0.15, 0.2) is 15.8 Å². The maximum atomic E-state index is 12.3. The highest BCUT2D eigenvalue weighted by molar-refractivity contribution is 14.0. The zero-order valence-corrected chi connectivity index (χ0v) is 21.1. The van der Waals surface area contributed by atoms with Gasteiger partial charge in [-0.3, -0.25) is 4.99 Å². The maximum absolute atomic E-state index is 12.3. The Labute approximate surface area is 202 Å². The van der Waals surface area contributed by atoms with Crippen molar-refractivity contribution in [2.45, 2.75) is 31.9 Å². The number of fused-ring (bicyclic) bond motifs is 1. The van der Waals surface area contributed by atoms with Crippen LogP contribution in [0.25, 0.3) is 0 Å². The summed E-state index contributed by atoms with van der Waals surface area (Å²) in [5.74, 6) is 1.95. The van der Waals surface area contributed by atoms with Crippen LogP contribution in [0.1, 0.15) is 30.0 Å². The van der Waals surface area contributed by atoms with Crippen LogP contribution in [-0.2, 0) is 28.4 Å². The largest absolute Gasteiger partial charge is 0.493 e. The first kappa shape index (κ1) is 25.5. The van der Waals surface area contributed by atoms with Gasteiger partial charge in [-0.2, -0.15) is 0 Å². The zero-order valence-electron chi connectivity index (χ0n) is 18.0. The zero-order chi connectivity index (χ0) is 21.2. The Balaban J connectivity index is 0.00000341. The highest BCUT2D eigenvalue weighted by Gasteiger charge is 2.12. The molecule has 0 radical (unpaired) electrons. The number of benzene rings is 2. The molecule has 0 spiro atoms. The van der Waals surface area contributed by atoms with Crippen LogP contribution in [0.15, 0.2) is 53.5 Å². The number of nitrogens with zero attached hydrogens (tertiary/aromatic N) is 1. The van der Waals surface area contributed by atoms with E-state index in [1.807, 2.05) is 43.3 Å². The number of halogens is 1. The number of guanidine groups is 1. The summed E-state index contributed by atoms with van der Waals surface area (Å²) in [5, 5.41) is 6.55. The normalized spacial score (nSPS) is 13.1. The SMILES string of the molecule is CCNC(=NCCCS(=O)(=O)Cc1ccccc1)NCCc1ccc2c(c1)CCO2.I. The molecule has 170 valence electrons. The molecule has 0 amide bonds. The van der Waals surface area contributed by atoms with Crippen molar-refractivity contribution in [2.75, 3.05) is 32.0 Å². The molecule has 2 aromatic rings. The third kappa shape index (κ3) is 8.68. The number of ether oxygens (including phenoxy) is 1. The number of hydrogen-bond donors (Lipinski definition) is 2. The summed E-state index contributed by atoms with van der Waals surface area (Å²) >= 11 is 0. The van der Waals surface area contributed by atoms with Crippen molar-refractivity contribution in [3.63, 3.8) is 0 Å². The van der Waals surface area contributed by atoms with Gasteiger partial charge in [-0.15, -0.1) is 24.0 Å². The lowest BCUT2D eigenvalue weighted by Crippen LogP contribution is -2.38. The van der Waals surface area contributed by atoms with Crippen molar-refractivity contribution in [2.24, 2.45) is 4.99 Å². The van der Waals surface area contributed by atoms with Crippen LogP contribution >= 0.6 is 24.0 Å². The van der Waals surface area contributed by atoms with Gasteiger partial charge in [0.05, 0.1) is 18.1 Å². The lowest BCUT2D eigenvalue weighted by atomic mass is 10.1. The smallest absolute Gasteiger partial charge is 0.191 e. The first-order valence-corrected chi connectivity index (χ1v) is 12.4. The van der Waals surface area contributed by atoms with Gasteiger partial charge in [0, 0.05) is 26.1 Å². The van der Waals surface area contributed by atoms with Gasteiger partial charge in [-0.25, -0.2) is 8.42 Å². The molecule has 0 saturated heterocycles. The van der Waals surface area contributed by atoms with Gasteiger partial charge in [0.25, 0.3) is 0 Å². The summed E-state index contributed by atoms with van der Waals surface area (Å²) in [6.07, 6.45) is 2.38. The van der Waals surface area contributed by atoms with E-state index in [1.165, 1.54) is 11.1 Å². The summed E-state index contributed by atoms with van der Waals surface area (Å²) in [6, 6.07) is 15.7. The number of hydrogen-bond acceptors (Lipinski definition) is 4. The van der Waals surface area contributed by atoms with Crippen molar-refractivity contribution >= 4 is 39.8 Å². The van der Waals surface area contributed by atoms with Gasteiger partial charge in [0.2, 0.25) is 0 Å². The minimum absolute atomic E-state index is 0. The predicted molar refractivity (Wildman–Crippen MR) is 137 cm³/mol. The lowest BCUT2D eigenvalue weighted by molar-refractivity contribution is 0.357. The second kappa shape index (κ2) is 12.9. The van der Waals surface area contributed by atoms with Crippen LogP contribution < -0.4 is 15.4 Å². The molecule has 3 rings (SSSR count). The minimum atomic E-state index is -3.12. The molecular formula is C23H32IN3O3S. The van der Waals surface area contributed by atoms with Gasteiger partial charge in [0.1, 0.15) is 5.75 Å².